The molecule has 3 aliphatic rings. The van der Waals surface area contributed by atoms with E-state index in [-0.39, 0.29) is 24.0 Å². The van der Waals surface area contributed by atoms with Crippen molar-refractivity contribution in [2.24, 2.45) is 11.8 Å². The van der Waals surface area contributed by atoms with E-state index >= 15 is 0 Å². The van der Waals surface area contributed by atoms with Gasteiger partial charge in [-0.25, -0.2) is 0 Å². The first-order valence-electron chi connectivity index (χ1n) is 15.2. The number of nitrogens with one attached hydrogen (secondary N) is 1. The Morgan fingerprint density at radius 3 is 2.26 bits per heavy atom. The Morgan fingerprint density at radius 2 is 1.72 bits per heavy atom. The SMILES string of the molecule is CCCCOc1ccc(N(C)C)c2c1C(=O)C1=C(OC(C)=O)[C@]3(OC(C)=O)C(=O)C(C(=O)NC(C)=O)=C(O)C(N(C)C)[C@@H]3C[C@@H]1C2. The van der Waals surface area contributed by atoms with E-state index in [0.717, 1.165) is 39.3 Å². The first-order valence-corrected chi connectivity index (χ1v) is 15.2. The zero-order chi connectivity index (χ0) is 34.2. The molecule has 0 saturated carbocycles. The minimum absolute atomic E-state index is 0.0204. The van der Waals surface area contributed by atoms with Crippen LogP contribution in [0.2, 0.25) is 0 Å². The lowest BCUT2D eigenvalue weighted by molar-refractivity contribution is -0.180. The number of benzene rings is 1. The van der Waals surface area contributed by atoms with E-state index in [1.165, 1.54) is 4.90 Å². The van der Waals surface area contributed by atoms with Crippen LogP contribution in [0, 0.1) is 11.8 Å². The number of unbranched alkanes of at least 4 members (excludes halogenated alkanes) is 1. The topological polar surface area (TPSA) is 169 Å². The van der Waals surface area contributed by atoms with Crippen molar-refractivity contribution < 1.29 is 48.1 Å². The van der Waals surface area contributed by atoms with Gasteiger partial charge in [0.15, 0.2) is 11.5 Å². The summed E-state index contributed by atoms with van der Waals surface area (Å²) in [6, 6.07) is 2.42. The lowest BCUT2D eigenvalue weighted by Crippen LogP contribution is -2.66. The number of hydrogen-bond donors (Lipinski definition) is 2. The van der Waals surface area contributed by atoms with Crippen molar-refractivity contribution in [3.8, 4) is 5.75 Å². The smallest absolute Gasteiger partial charge is 0.307 e. The number of imide groups is 1. The van der Waals surface area contributed by atoms with Crippen molar-refractivity contribution in [2.45, 2.75) is 65.0 Å². The normalized spacial score (nSPS) is 23.7. The van der Waals surface area contributed by atoms with Gasteiger partial charge in [0.25, 0.3) is 5.91 Å². The molecule has 0 heterocycles. The molecule has 2 amide bonds. The molecule has 4 rings (SSSR count). The van der Waals surface area contributed by atoms with Crippen LogP contribution >= 0.6 is 0 Å². The molecule has 0 bridgehead atoms. The lowest BCUT2D eigenvalue weighted by Gasteiger charge is -2.52. The number of fused-ring (bicyclic) bond motifs is 3. The van der Waals surface area contributed by atoms with E-state index in [0.29, 0.717) is 17.9 Å². The quantitative estimate of drug-likeness (QED) is 0.230. The summed E-state index contributed by atoms with van der Waals surface area (Å²) < 4.78 is 17.6. The largest absolute Gasteiger partial charge is 0.510 e. The number of carbonyl (C=O) groups is 6. The molecule has 0 aromatic heterocycles. The molecule has 13 nitrogen and oxygen atoms in total. The zero-order valence-electron chi connectivity index (χ0n) is 27.4. The third-order valence-electron chi connectivity index (χ3n) is 8.57. The van der Waals surface area contributed by atoms with Crippen LogP contribution in [-0.4, -0.2) is 91.8 Å². The Labute approximate surface area is 267 Å². The van der Waals surface area contributed by atoms with Gasteiger partial charge in [-0.15, -0.1) is 0 Å². The summed E-state index contributed by atoms with van der Waals surface area (Å²) in [7, 11) is 6.87. The number of rotatable bonds is 9. The molecular weight excluding hydrogens is 598 g/mol. The van der Waals surface area contributed by atoms with E-state index in [4.69, 9.17) is 14.2 Å². The first-order chi connectivity index (χ1) is 21.6. The Bertz CT molecular complexity index is 1570. The molecule has 1 aromatic carbocycles. The molecule has 0 radical (unpaired) electrons. The van der Waals surface area contributed by atoms with Crippen LogP contribution in [0.3, 0.4) is 0 Å². The molecule has 0 aliphatic heterocycles. The Hall–Kier alpha value is -4.52. The van der Waals surface area contributed by atoms with Crippen LogP contribution in [0.4, 0.5) is 5.69 Å². The number of nitrogens with zero attached hydrogens (tertiary/aromatic N) is 2. The van der Waals surface area contributed by atoms with Crippen LogP contribution in [0.25, 0.3) is 0 Å². The Kier molecular flexibility index (Phi) is 9.76. The highest BCUT2D eigenvalue weighted by Gasteiger charge is 2.67. The highest BCUT2D eigenvalue weighted by Crippen LogP contribution is 2.55. The molecule has 0 saturated heterocycles. The Morgan fingerprint density at radius 1 is 1.04 bits per heavy atom. The average Bonchev–Trinajstić information content (AvgIpc) is 2.93. The fraction of sp³-hybridized carbons (Fsp3) is 0.515. The van der Waals surface area contributed by atoms with Crippen LogP contribution in [0.15, 0.2) is 34.8 Å². The van der Waals surface area contributed by atoms with Crippen molar-refractivity contribution in [1.82, 2.24) is 10.2 Å². The van der Waals surface area contributed by atoms with Crippen molar-refractivity contribution in [3.63, 3.8) is 0 Å². The number of allylic oxidation sites excluding steroid dienone is 1. The van der Waals surface area contributed by atoms with Crippen molar-refractivity contribution in [3.05, 3.63) is 45.9 Å². The molecule has 3 aliphatic carbocycles. The number of amides is 2. The van der Waals surface area contributed by atoms with Gasteiger partial charge in [-0.3, -0.25) is 39.0 Å². The highest BCUT2D eigenvalue weighted by atomic mass is 16.6. The zero-order valence-corrected chi connectivity index (χ0v) is 27.4. The molecule has 46 heavy (non-hydrogen) atoms. The van der Waals surface area contributed by atoms with Gasteiger partial charge in [-0.05, 0) is 57.0 Å². The van der Waals surface area contributed by atoms with Gasteiger partial charge in [0.05, 0.1) is 18.2 Å². The second-order valence-corrected chi connectivity index (χ2v) is 12.3. The summed E-state index contributed by atoms with van der Waals surface area (Å²) >= 11 is 0. The molecule has 1 aromatic rings. The number of anilines is 1. The van der Waals surface area contributed by atoms with Crippen molar-refractivity contribution in [1.29, 1.82) is 0 Å². The Balaban J connectivity index is 2.10. The van der Waals surface area contributed by atoms with Crippen LogP contribution in [0.5, 0.6) is 5.75 Å². The fourth-order valence-electron chi connectivity index (χ4n) is 6.91. The minimum Gasteiger partial charge on any atom is -0.510 e. The standard InChI is InChI=1S/C33H41N3O10/c1-9-10-13-44-23-12-11-22(35(5)6)20-14-19-15-21-27(36(7)8)29(41)26(32(43)34-16(2)37)30(42)33(21,46-18(4)39)31(45-17(3)38)24(19)28(40)25(20)23/h11-12,19,21,27,41H,9-10,13-15H2,1-8H3,(H,34,37,43)/t19-,21-,27?,33+/m0/s1. The monoisotopic (exact) mass is 639 g/mol. The molecule has 13 heteroatoms. The van der Waals surface area contributed by atoms with E-state index in [1.807, 2.05) is 37.3 Å². The number of carbonyl (C=O) groups excluding carboxylic acids is 6. The number of ketones is 2. The number of aliphatic hydroxyl groups excluding tert-OH is 1. The number of hydrogen-bond acceptors (Lipinski definition) is 12. The fourth-order valence-corrected chi connectivity index (χ4v) is 6.91. The van der Waals surface area contributed by atoms with E-state index < -0.39 is 75.9 Å². The van der Waals surface area contributed by atoms with Gasteiger partial charge < -0.3 is 24.2 Å². The summed E-state index contributed by atoms with van der Waals surface area (Å²) in [6.07, 6.45) is 1.88. The second-order valence-electron chi connectivity index (χ2n) is 12.3. The molecule has 4 atom stereocenters. The number of likely N-dealkylation sites (N-methyl/N-ethyl adjacent to an activating group) is 1. The average molecular weight is 640 g/mol. The van der Waals surface area contributed by atoms with Gasteiger partial charge in [-0.2, -0.15) is 0 Å². The summed E-state index contributed by atoms with van der Waals surface area (Å²) in [5.74, 6) is -8.31. The van der Waals surface area contributed by atoms with Gasteiger partial charge in [0, 0.05) is 52.0 Å². The summed E-state index contributed by atoms with van der Waals surface area (Å²) in [6.45, 7) is 5.52. The van der Waals surface area contributed by atoms with Crippen LogP contribution < -0.4 is 15.0 Å². The third-order valence-corrected chi connectivity index (χ3v) is 8.57. The molecule has 0 spiro atoms. The maximum absolute atomic E-state index is 14.7. The van der Waals surface area contributed by atoms with Crippen LogP contribution in [0.1, 0.15) is 62.9 Å². The van der Waals surface area contributed by atoms with Gasteiger partial charge in [-0.1, -0.05) is 13.3 Å². The number of ether oxygens (including phenoxy) is 3. The predicted molar refractivity (Wildman–Crippen MR) is 165 cm³/mol. The number of aliphatic hydroxyl groups is 1. The predicted octanol–water partition coefficient (Wildman–Crippen LogP) is 2.41. The third kappa shape index (κ3) is 5.79. The molecule has 248 valence electrons. The van der Waals surface area contributed by atoms with Gasteiger partial charge >= 0.3 is 11.9 Å². The molecular formula is C33H41N3O10. The maximum Gasteiger partial charge on any atom is 0.307 e. The first kappa shape index (κ1) is 34.4. The second kappa shape index (κ2) is 13.1. The summed E-state index contributed by atoms with van der Waals surface area (Å²) in [5, 5.41) is 13.5. The number of Topliss-reactive ketones (excluding diaryl/α,β-unsaturated/α-hetero) is 2. The molecule has 1 unspecified atom stereocenters. The van der Waals surface area contributed by atoms with Gasteiger partial charge in [0.2, 0.25) is 17.3 Å². The maximum atomic E-state index is 14.7. The lowest BCUT2D eigenvalue weighted by atomic mass is 9.58. The van der Waals surface area contributed by atoms with Crippen molar-refractivity contribution in [2.75, 3.05) is 39.7 Å². The molecule has 2 N–H and O–H groups in total. The number of esters is 2. The summed E-state index contributed by atoms with van der Waals surface area (Å²) in [4.78, 5) is 83.4. The minimum atomic E-state index is -2.51. The highest BCUT2D eigenvalue weighted by molar-refractivity contribution is 6.27. The van der Waals surface area contributed by atoms with E-state index in [9.17, 15) is 33.9 Å². The van der Waals surface area contributed by atoms with Crippen LogP contribution in [-0.2, 0) is 39.9 Å². The van der Waals surface area contributed by atoms with Crippen molar-refractivity contribution >= 4 is 41.0 Å². The summed E-state index contributed by atoms with van der Waals surface area (Å²) in [5.41, 5.74) is -1.72. The van der Waals surface area contributed by atoms with E-state index in [2.05, 4.69) is 0 Å². The van der Waals surface area contributed by atoms with Gasteiger partial charge in [0.1, 0.15) is 17.1 Å². The molecule has 0 fully saturated rings. The van der Waals surface area contributed by atoms with E-state index in [1.54, 1.807) is 20.2 Å².